The zero-order valence-corrected chi connectivity index (χ0v) is 11.4. The summed E-state index contributed by atoms with van der Waals surface area (Å²) in [5.74, 6) is 5.87. The fourth-order valence-corrected chi connectivity index (χ4v) is 1.68. The first-order valence-corrected chi connectivity index (χ1v) is 6.65. The standard InChI is InChI=1S/C16H21NO2/c1-14(9-10-16(18)19)11-13-17-12-5-8-15-6-3-2-4-7-15/h2-4,6-7,14,17H,9-13H2,1H3,(H,18,19). The smallest absolute Gasteiger partial charge is 0.303 e. The van der Waals surface area contributed by atoms with Gasteiger partial charge in [0.15, 0.2) is 0 Å². The predicted molar refractivity (Wildman–Crippen MR) is 76.8 cm³/mol. The zero-order chi connectivity index (χ0) is 13.9. The van der Waals surface area contributed by atoms with Gasteiger partial charge in [0.05, 0.1) is 6.54 Å². The van der Waals surface area contributed by atoms with Gasteiger partial charge in [-0.1, -0.05) is 37.0 Å². The number of nitrogens with one attached hydrogen (secondary N) is 1. The SMILES string of the molecule is CC(CCNCC#Cc1ccccc1)CCC(=O)O. The lowest BCUT2D eigenvalue weighted by molar-refractivity contribution is -0.137. The van der Waals surface area contributed by atoms with Crippen LogP contribution in [0.15, 0.2) is 30.3 Å². The van der Waals surface area contributed by atoms with E-state index in [0.29, 0.717) is 12.5 Å². The number of aliphatic carboxylic acids is 1. The Morgan fingerprint density at radius 3 is 2.74 bits per heavy atom. The molecule has 0 aromatic heterocycles. The van der Waals surface area contributed by atoms with Crippen molar-refractivity contribution in [3.63, 3.8) is 0 Å². The van der Waals surface area contributed by atoms with Crippen molar-refractivity contribution in [2.24, 2.45) is 5.92 Å². The molecule has 3 heteroatoms. The average Bonchev–Trinajstić information content (AvgIpc) is 2.41. The van der Waals surface area contributed by atoms with E-state index in [9.17, 15) is 4.79 Å². The normalized spacial score (nSPS) is 11.4. The second-order valence-electron chi connectivity index (χ2n) is 4.67. The average molecular weight is 259 g/mol. The van der Waals surface area contributed by atoms with Crippen LogP contribution in [0.5, 0.6) is 0 Å². The second kappa shape index (κ2) is 9.18. The minimum atomic E-state index is -0.714. The van der Waals surface area contributed by atoms with Crippen molar-refractivity contribution >= 4 is 5.97 Å². The molecule has 1 unspecified atom stereocenters. The molecule has 0 heterocycles. The largest absolute Gasteiger partial charge is 0.481 e. The van der Waals surface area contributed by atoms with Gasteiger partial charge in [0.25, 0.3) is 0 Å². The van der Waals surface area contributed by atoms with Gasteiger partial charge < -0.3 is 10.4 Å². The lowest BCUT2D eigenvalue weighted by Gasteiger charge is -2.09. The van der Waals surface area contributed by atoms with Crippen molar-refractivity contribution in [1.29, 1.82) is 0 Å². The van der Waals surface area contributed by atoms with Gasteiger partial charge in [-0.2, -0.15) is 0 Å². The van der Waals surface area contributed by atoms with E-state index < -0.39 is 5.97 Å². The molecule has 102 valence electrons. The Kier molecular flexibility index (Phi) is 7.38. The summed E-state index contributed by atoms with van der Waals surface area (Å²) < 4.78 is 0. The van der Waals surface area contributed by atoms with E-state index in [0.717, 1.165) is 24.9 Å². The Hall–Kier alpha value is -1.79. The van der Waals surface area contributed by atoms with Gasteiger partial charge in [0.1, 0.15) is 0 Å². The van der Waals surface area contributed by atoms with Crippen LogP contribution in [0.1, 0.15) is 31.7 Å². The number of hydrogen-bond acceptors (Lipinski definition) is 2. The summed E-state index contributed by atoms with van der Waals surface area (Å²) in [6.07, 6.45) is 1.99. The van der Waals surface area contributed by atoms with E-state index in [1.807, 2.05) is 30.3 Å². The summed E-state index contributed by atoms with van der Waals surface area (Å²) in [6, 6.07) is 9.90. The van der Waals surface area contributed by atoms with Gasteiger partial charge in [-0.25, -0.2) is 0 Å². The van der Waals surface area contributed by atoms with E-state index >= 15 is 0 Å². The fourth-order valence-electron chi connectivity index (χ4n) is 1.68. The summed E-state index contributed by atoms with van der Waals surface area (Å²) in [5, 5.41) is 11.8. The van der Waals surface area contributed by atoms with Gasteiger partial charge in [0, 0.05) is 12.0 Å². The number of benzene rings is 1. The summed E-state index contributed by atoms with van der Waals surface area (Å²) in [5.41, 5.74) is 1.03. The number of carboxylic acid groups (broad SMARTS) is 1. The van der Waals surface area contributed by atoms with Crippen LogP contribution in [0.3, 0.4) is 0 Å². The Morgan fingerprint density at radius 1 is 1.32 bits per heavy atom. The number of carbonyl (C=O) groups is 1. The van der Waals surface area contributed by atoms with E-state index in [4.69, 9.17) is 5.11 Å². The van der Waals surface area contributed by atoms with Crippen LogP contribution in [-0.2, 0) is 4.79 Å². The molecule has 0 amide bonds. The number of carboxylic acids is 1. The van der Waals surface area contributed by atoms with Crippen LogP contribution >= 0.6 is 0 Å². The molecule has 0 saturated carbocycles. The van der Waals surface area contributed by atoms with Crippen LogP contribution in [-0.4, -0.2) is 24.2 Å². The van der Waals surface area contributed by atoms with Crippen molar-refractivity contribution in [3.8, 4) is 11.8 Å². The molecule has 0 aliphatic carbocycles. The highest BCUT2D eigenvalue weighted by molar-refractivity contribution is 5.66. The first-order valence-electron chi connectivity index (χ1n) is 6.65. The van der Waals surface area contributed by atoms with Crippen molar-refractivity contribution in [2.45, 2.75) is 26.2 Å². The molecule has 2 N–H and O–H groups in total. The molecule has 1 aromatic carbocycles. The van der Waals surface area contributed by atoms with E-state index in [2.05, 4.69) is 24.1 Å². The molecule has 19 heavy (non-hydrogen) atoms. The molecule has 0 saturated heterocycles. The van der Waals surface area contributed by atoms with Crippen molar-refractivity contribution in [3.05, 3.63) is 35.9 Å². The number of rotatable bonds is 7. The second-order valence-corrected chi connectivity index (χ2v) is 4.67. The zero-order valence-electron chi connectivity index (χ0n) is 11.4. The van der Waals surface area contributed by atoms with E-state index in [1.165, 1.54) is 0 Å². The van der Waals surface area contributed by atoms with Crippen LogP contribution in [0, 0.1) is 17.8 Å². The lowest BCUT2D eigenvalue weighted by atomic mass is 10.0. The third kappa shape index (κ3) is 8.01. The topological polar surface area (TPSA) is 49.3 Å². The minimum absolute atomic E-state index is 0.259. The van der Waals surface area contributed by atoms with Crippen molar-refractivity contribution in [2.75, 3.05) is 13.1 Å². The molecule has 1 rings (SSSR count). The molecule has 0 spiro atoms. The van der Waals surface area contributed by atoms with Gasteiger partial charge in [-0.15, -0.1) is 0 Å². The highest BCUT2D eigenvalue weighted by Gasteiger charge is 2.04. The minimum Gasteiger partial charge on any atom is -0.481 e. The van der Waals surface area contributed by atoms with Crippen LogP contribution < -0.4 is 5.32 Å². The molecule has 0 bridgehead atoms. The lowest BCUT2D eigenvalue weighted by Crippen LogP contribution is -2.18. The molecule has 1 atom stereocenters. The van der Waals surface area contributed by atoms with Crippen molar-refractivity contribution < 1.29 is 9.90 Å². The summed E-state index contributed by atoms with van der Waals surface area (Å²) in [4.78, 5) is 10.4. The molecule has 1 aromatic rings. The first-order chi connectivity index (χ1) is 9.18. The van der Waals surface area contributed by atoms with Gasteiger partial charge >= 0.3 is 5.97 Å². The molecule has 0 aliphatic rings. The van der Waals surface area contributed by atoms with Gasteiger partial charge in [-0.3, -0.25) is 4.79 Å². The maximum Gasteiger partial charge on any atom is 0.303 e. The number of hydrogen-bond donors (Lipinski definition) is 2. The van der Waals surface area contributed by atoms with Crippen LogP contribution in [0.2, 0.25) is 0 Å². The molecular formula is C16H21NO2. The Morgan fingerprint density at radius 2 is 2.05 bits per heavy atom. The summed E-state index contributed by atoms with van der Waals surface area (Å²) >= 11 is 0. The van der Waals surface area contributed by atoms with E-state index in [-0.39, 0.29) is 6.42 Å². The Bertz CT molecular complexity index is 431. The first kappa shape index (κ1) is 15.3. The quantitative estimate of drug-likeness (QED) is 0.584. The molecule has 0 aliphatic heterocycles. The summed E-state index contributed by atoms with van der Waals surface area (Å²) in [7, 11) is 0. The van der Waals surface area contributed by atoms with Crippen molar-refractivity contribution in [1.82, 2.24) is 5.32 Å². The van der Waals surface area contributed by atoms with Gasteiger partial charge in [-0.05, 0) is 37.4 Å². The third-order valence-electron chi connectivity index (χ3n) is 2.88. The Balaban J connectivity index is 2.08. The molecular weight excluding hydrogens is 238 g/mol. The van der Waals surface area contributed by atoms with Gasteiger partial charge in [0.2, 0.25) is 0 Å². The fraction of sp³-hybridized carbons (Fsp3) is 0.438. The third-order valence-corrected chi connectivity index (χ3v) is 2.88. The maximum atomic E-state index is 10.4. The van der Waals surface area contributed by atoms with E-state index in [1.54, 1.807) is 0 Å². The molecule has 3 nitrogen and oxygen atoms in total. The molecule has 0 fully saturated rings. The highest BCUT2D eigenvalue weighted by Crippen LogP contribution is 2.08. The summed E-state index contributed by atoms with van der Waals surface area (Å²) in [6.45, 7) is 3.63. The monoisotopic (exact) mass is 259 g/mol. The van der Waals surface area contributed by atoms with Crippen LogP contribution in [0.4, 0.5) is 0 Å². The highest BCUT2D eigenvalue weighted by atomic mass is 16.4. The predicted octanol–water partition coefficient (Wildman–Crippen LogP) is 2.52. The Labute approximate surface area is 115 Å². The van der Waals surface area contributed by atoms with Crippen LogP contribution in [0.25, 0.3) is 0 Å². The maximum absolute atomic E-state index is 10.4. The molecule has 0 radical (unpaired) electrons.